The lowest BCUT2D eigenvalue weighted by atomic mass is 10.2. The van der Waals surface area contributed by atoms with Crippen LogP contribution in [-0.2, 0) is 11.3 Å². The molecule has 0 saturated carbocycles. The lowest BCUT2D eigenvalue weighted by Crippen LogP contribution is -2.43. The molecule has 0 bridgehead atoms. The highest BCUT2D eigenvalue weighted by Gasteiger charge is 2.04. The van der Waals surface area contributed by atoms with Crippen LogP contribution in [0.4, 0.5) is 4.79 Å². The molecule has 1 rings (SSSR count). The van der Waals surface area contributed by atoms with Gasteiger partial charge < -0.3 is 21.3 Å². The molecule has 0 radical (unpaired) electrons. The van der Waals surface area contributed by atoms with Crippen LogP contribution in [0.1, 0.15) is 18.9 Å². The Kier molecular flexibility index (Phi) is 12.1. The van der Waals surface area contributed by atoms with Crippen LogP contribution in [-0.4, -0.2) is 38.1 Å². The van der Waals surface area contributed by atoms with Crippen molar-refractivity contribution in [3.63, 3.8) is 0 Å². The summed E-state index contributed by atoms with van der Waals surface area (Å²) in [5.74, 6) is -0.208. The van der Waals surface area contributed by atoms with Gasteiger partial charge in [-0.3, -0.25) is 4.79 Å². The van der Waals surface area contributed by atoms with Gasteiger partial charge in [0, 0.05) is 24.7 Å². The van der Waals surface area contributed by atoms with Gasteiger partial charge in [-0.05, 0) is 30.7 Å². The largest absolute Gasteiger partial charge is 0.353 e. The number of hydrogen-bond acceptors (Lipinski definition) is 3. The molecule has 0 atom stereocenters. The number of hydrogen-bond donors (Lipinski definition) is 4. The predicted octanol–water partition coefficient (Wildman–Crippen LogP) is 1.68. The number of halogens is 2. The van der Waals surface area contributed by atoms with E-state index >= 15 is 0 Å². The fourth-order valence-corrected chi connectivity index (χ4v) is 1.79. The Bertz CT molecular complexity index is 469. The van der Waals surface area contributed by atoms with Gasteiger partial charge in [-0.1, -0.05) is 30.7 Å². The average molecular weight is 363 g/mol. The third kappa shape index (κ3) is 10.8. The van der Waals surface area contributed by atoms with Crippen molar-refractivity contribution in [1.82, 2.24) is 21.3 Å². The summed E-state index contributed by atoms with van der Waals surface area (Å²) in [6.07, 6.45) is 1.06. The van der Waals surface area contributed by atoms with Crippen molar-refractivity contribution in [2.24, 2.45) is 0 Å². The molecule has 4 N–H and O–H groups in total. The van der Waals surface area contributed by atoms with E-state index in [1.807, 2.05) is 12.1 Å². The number of benzene rings is 1. The van der Waals surface area contributed by atoms with Crippen molar-refractivity contribution >= 4 is 35.9 Å². The number of nitrogens with one attached hydrogen (secondary N) is 4. The maximum Gasteiger partial charge on any atom is 0.315 e. The molecule has 3 amide bonds. The normalized spacial score (nSPS) is 9.65. The van der Waals surface area contributed by atoms with Crippen LogP contribution in [0.25, 0.3) is 0 Å². The number of carbonyl (C=O) groups excluding carboxylic acids is 2. The number of amides is 3. The summed E-state index contributed by atoms with van der Waals surface area (Å²) in [7, 11) is 0. The summed E-state index contributed by atoms with van der Waals surface area (Å²) in [6.45, 7) is 4.63. The SMILES string of the molecule is CCCNCCNC(=O)CNC(=O)NCc1ccc(Cl)cc1.Cl. The molecule has 0 aliphatic rings. The van der Waals surface area contributed by atoms with E-state index in [2.05, 4.69) is 28.2 Å². The highest BCUT2D eigenvalue weighted by Crippen LogP contribution is 2.08. The standard InChI is InChI=1S/C15H23ClN4O2.ClH/c1-2-7-17-8-9-18-14(21)11-20-15(22)19-10-12-3-5-13(16)6-4-12;/h3-6,17H,2,7-11H2,1H3,(H,18,21)(H2,19,20,22);1H. The molecular weight excluding hydrogens is 339 g/mol. The fraction of sp³-hybridized carbons (Fsp3) is 0.467. The van der Waals surface area contributed by atoms with E-state index in [0.29, 0.717) is 18.1 Å². The van der Waals surface area contributed by atoms with Gasteiger partial charge >= 0.3 is 6.03 Å². The second-order valence-corrected chi connectivity index (χ2v) is 5.20. The summed E-state index contributed by atoms with van der Waals surface area (Å²) < 4.78 is 0. The van der Waals surface area contributed by atoms with E-state index in [0.717, 1.165) is 25.1 Å². The molecule has 0 heterocycles. The van der Waals surface area contributed by atoms with E-state index in [1.54, 1.807) is 12.1 Å². The zero-order valence-corrected chi connectivity index (χ0v) is 14.7. The van der Waals surface area contributed by atoms with Gasteiger partial charge in [0.05, 0.1) is 6.54 Å². The van der Waals surface area contributed by atoms with Crippen LogP contribution in [0, 0.1) is 0 Å². The van der Waals surface area contributed by atoms with Gasteiger partial charge in [0.1, 0.15) is 0 Å². The third-order valence-electron chi connectivity index (χ3n) is 2.83. The van der Waals surface area contributed by atoms with Gasteiger partial charge in [0.15, 0.2) is 0 Å². The minimum absolute atomic E-state index is 0. The molecule has 23 heavy (non-hydrogen) atoms. The molecule has 1 aromatic carbocycles. The van der Waals surface area contributed by atoms with Crippen LogP contribution in [0.3, 0.4) is 0 Å². The summed E-state index contributed by atoms with van der Waals surface area (Å²) in [5, 5.41) is 11.7. The second-order valence-electron chi connectivity index (χ2n) is 4.76. The van der Waals surface area contributed by atoms with Crippen molar-refractivity contribution in [2.75, 3.05) is 26.2 Å². The van der Waals surface area contributed by atoms with E-state index in [1.165, 1.54) is 0 Å². The molecule has 1 aromatic rings. The molecule has 130 valence electrons. The van der Waals surface area contributed by atoms with Crippen molar-refractivity contribution in [2.45, 2.75) is 19.9 Å². The minimum atomic E-state index is -0.380. The molecule has 8 heteroatoms. The quantitative estimate of drug-likeness (QED) is 0.504. The van der Waals surface area contributed by atoms with Crippen molar-refractivity contribution in [1.29, 1.82) is 0 Å². The summed E-state index contributed by atoms with van der Waals surface area (Å²) in [6, 6.07) is 6.80. The fourth-order valence-electron chi connectivity index (χ4n) is 1.66. The van der Waals surface area contributed by atoms with Crippen LogP contribution in [0.5, 0.6) is 0 Å². The molecule has 0 fully saturated rings. The highest BCUT2D eigenvalue weighted by molar-refractivity contribution is 6.30. The van der Waals surface area contributed by atoms with Crippen molar-refractivity contribution < 1.29 is 9.59 Å². The van der Waals surface area contributed by atoms with E-state index in [4.69, 9.17) is 11.6 Å². The third-order valence-corrected chi connectivity index (χ3v) is 3.08. The molecular formula is C15H24Cl2N4O2. The van der Waals surface area contributed by atoms with Gasteiger partial charge in [-0.15, -0.1) is 12.4 Å². The van der Waals surface area contributed by atoms with Gasteiger partial charge in [-0.2, -0.15) is 0 Å². The number of urea groups is 1. The predicted molar refractivity (Wildman–Crippen MR) is 95.1 cm³/mol. The Labute approximate surface area is 148 Å². The molecule has 0 unspecified atom stereocenters. The smallest absolute Gasteiger partial charge is 0.315 e. The maximum atomic E-state index is 11.6. The first-order valence-corrected chi connectivity index (χ1v) is 7.73. The van der Waals surface area contributed by atoms with Crippen LogP contribution < -0.4 is 21.3 Å². The van der Waals surface area contributed by atoms with E-state index in [9.17, 15) is 9.59 Å². The molecule has 0 aliphatic carbocycles. The minimum Gasteiger partial charge on any atom is -0.353 e. The first-order chi connectivity index (χ1) is 10.6. The summed E-state index contributed by atoms with van der Waals surface area (Å²) in [5.41, 5.74) is 0.936. The molecule has 0 aromatic heterocycles. The van der Waals surface area contributed by atoms with E-state index < -0.39 is 0 Å². The first kappa shape index (κ1) is 21.5. The Balaban J connectivity index is 0.00000484. The summed E-state index contributed by atoms with van der Waals surface area (Å²) >= 11 is 5.78. The Morgan fingerprint density at radius 2 is 1.70 bits per heavy atom. The molecule has 6 nitrogen and oxygen atoms in total. The van der Waals surface area contributed by atoms with Crippen LogP contribution >= 0.6 is 24.0 Å². The second kappa shape index (κ2) is 13.0. The number of carbonyl (C=O) groups is 2. The first-order valence-electron chi connectivity index (χ1n) is 7.35. The van der Waals surface area contributed by atoms with Gasteiger partial charge in [0.2, 0.25) is 5.91 Å². The lowest BCUT2D eigenvalue weighted by molar-refractivity contribution is -0.120. The van der Waals surface area contributed by atoms with Gasteiger partial charge in [0.25, 0.3) is 0 Å². The summed E-state index contributed by atoms with van der Waals surface area (Å²) in [4.78, 5) is 23.1. The average Bonchev–Trinajstić information content (AvgIpc) is 2.52. The van der Waals surface area contributed by atoms with Crippen LogP contribution in [0.2, 0.25) is 5.02 Å². The maximum absolute atomic E-state index is 11.6. The topological polar surface area (TPSA) is 82.3 Å². The number of rotatable bonds is 9. The van der Waals surface area contributed by atoms with Gasteiger partial charge in [-0.25, -0.2) is 4.79 Å². The monoisotopic (exact) mass is 362 g/mol. The van der Waals surface area contributed by atoms with Crippen molar-refractivity contribution in [3.8, 4) is 0 Å². The zero-order valence-electron chi connectivity index (χ0n) is 13.2. The van der Waals surface area contributed by atoms with Crippen LogP contribution in [0.15, 0.2) is 24.3 Å². The Hall–Kier alpha value is -1.50. The Morgan fingerprint density at radius 3 is 2.35 bits per heavy atom. The van der Waals surface area contributed by atoms with Crippen molar-refractivity contribution in [3.05, 3.63) is 34.9 Å². The molecule has 0 spiro atoms. The molecule has 0 saturated heterocycles. The Morgan fingerprint density at radius 1 is 1.00 bits per heavy atom. The van der Waals surface area contributed by atoms with E-state index in [-0.39, 0.29) is 30.9 Å². The molecule has 0 aliphatic heterocycles. The lowest BCUT2D eigenvalue weighted by Gasteiger charge is -2.09. The highest BCUT2D eigenvalue weighted by atomic mass is 35.5. The zero-order chi connectivity index (χ0) is 16.2.